The predicted molar refractivity (Wildman–Crippen MR) is 66.6 cm³/mol. The SMILES string of the molecule is C1=C2OCC3(CCNCC3)C2=CC2NCCC12. The molecule has 92 valence electrons. The lowest BCUT2D eigenvalue weighted by Gasteiger charge is -2.34. The summed E-state index contributed by atoms with van der Waals surface area (Å²) in [5.74, 6) is 1.88. The molecule has 3 heteroatoms. The summed E-state index contributed by atoms with van der Waals surface area (Å²) in [7, 11) is 0. The number of ether oxygens (including phenoxy) is 1. The largest absolute Gasteiger partial charge is 0.493 e. The molecule has 0 amide bonds. The zero-order chi connectivity index (χ0) is 11.3. The maximum absolute atomic E-state index is 6.00. The van der Waals surface area contributed by atoms with Gasteiger partial charge in [-0.25, -0.2) is 0 Å². The molecule has 3 nitrogen and oxygen atoms in total. The molecule has 3 aliphatic heterocycles. The molecule has 4 rings (SSSR count). The Morgan fingerprint density at radius 1 is 1.18 bits per heavy atom. The topological polar surface area (TPSA) is 33.3 Å². The summed E-state index contributed by atoms with van der Waals surface area (Å²) in [4.78, 5) is 0. The van der Waals surface area contributed by atoms with E-state index in [0.717, 1.165) is 26.2 Å². The van der Waals surface area contributed by atoms with Gasteiger partial charge in [0.2, 0.25) is 0 Å². The molecule has 1 spiro atoms. The Morgan fingerprint density at radius 3 is 2.94 bits per heavy atom. The van der Waals surface area contributed by atoms with Gasteiger partial charge < -0.3 is 15.4 Å². The first-order valence-corrected chi connectivity index (χ1v) is 6.89. The smallest absolute Gasteiger partial charge is 0.119 e. The van der Waals surface area contributed by atoms with Crippen molar-refractivity contribution in [2.75, 3.05) is 26.2 Å². The highest BCUT2D eigenvalue weighted by atomic mass is 16.5. The van der Waals surface area contributed by atoms with Crippen molar-refractivity contribution in [3.8, 4) is 0 Å². The van der Waals surface area contributed by atoms with E-state index in [9.17, 15) is 0 Å². The standard InChI is InChI=1S/C14H20N2O/c1-4-16-12-8-11-13(7-10(1)12)17-9-14(11)2-5-15-6-3-14/h7-8,10,12,15-16H,1-6,9H2. The first-order chi connectivity index (χ1) is 8.37. The molecule has 3 heterocycles. The Labute approximate surface area is 102 Å². The number of hydrogen-bond donors (Lipinski definition) is 2. The summed E-state index contributed by atoms with van der Waals surface area (Å²) < 4.78 is 6.00. The van der Waals surface area contributed by atoms with Gasteiger partial charge in [-0.2, -0.15) is 0 Å². The predicted octanol–water partition coefficient (Wildman–Crippen LogP) is 1.19. The van der Waals surface area contributed by atoms with Gasteiger partial charge >= 0.3 is 0 Å². The summed E-state index contributed by atoms with van der Waals surface area (Å²) in [6.07, 6.45) is 8.58. The van der Waals surface area contributed by atoms with Crippen molar-refractivity contribution in [2.24, 2.45) is 11.3 Å². The Balaban J connectivity index is 1.71. The van der Waals surface area contributed by atoms with E-state index in [-0.39, 0.29) is 0 Å². The number of fused-ring (bicyclic) bond motifs is 3. The summed E-state index contributed by atoms with van der Waals surface area (Å²) >= 11 is 0. The maximum atomic E-state index is 6.00. The van der Waals surface area contributed by atoms with Gasteiger partial charge in [-0.15, -0.1) is 0 Å². The molecule has 2 atom stereocenters. The van der Waals surface area contributed by atoms with Crippen LogP contribution in [0.15, 0.2) is 23.5 Å². The normalized spacial score (nSPS) is 38.1. The second-order valence-electron chi connectivity index (χ2n) is 5.86. The Morgan fingerprint density at radius 2 is 2.06 bits per heavy atom. The van der Waals surface area contributed by atoms with Crippen molar-refractivity contribution < 1.29 is 4.74 Å². The van der Waals surface area contributed by atoms with Crippen molar-refractivity contribution >= 4 is 0 Å². The van der Waals surface area contributed by atoms with Gasteiger partial charge in [0, 0.05) is 22.9 Å². The van der Waals surface area contributed by atoms with E-state index in [0.29, 0.717) is 17.4 Å². The molecule has 2 unspecified atom stereocenters. The van der Waals surface area contributed by atoms with Gasteiger partial charge in [-0.3, -0.25) is 0 Å². The lowest BCUT2D eigenvalue weighted by atomic mass is 9.71. The number of nitrogens with one attached hydrogen (secondary N) is 2. The summed E-state index contributed by atoms with van der Waals surface area (Å²) in [5.41, 5.74) is 1.83. The van der Waals surface area contributed by atoms with Crippen LogP contribution in [-0.4, -0.2) is 32.3 Å². The van der Waals surface area contributed by atoms with Crippen LogP contribution in [-0.2, 0) is 4.74 Å². The Hall–Kier alpha value is -0.800. The van der Waals surface area contributed by atoms with Gasteiger partial charge in [0.05, 0.1) is 6.61 Å². The van der Waals surface area contributed by atoms with Crippen LogP contribution in [0, 0.1) is 11.3 Å². The number of piperidine rings is 1. The lowest BCUT2D eigenvalue weighted by molar-refractivity contribution is 0.156. The first-order valence-electron chi connectivity index (χ1n) is 6.89. The van der Waals surface area contributed by atoms with E-state index >= 15 is 0 Å². The second kappa shape index (κ2) is 3.59. The molecule has 17 heavy (non-hydrogen) atoms. The third-order valence-corrected chi connectivity index (χ3v) is 4.93. The highest BCUT2D eigenvalue weighted by Gasteiger charge is 2.46. The average Bonchev–Trinajstić information content (AvgIpc) is 2.94. The van der Waals surface area contributed by atoms with Crippen molar-refractivity contribution in [1.29, 1.82) is 0 Å². The molecule has 3 fully saturated rings. The Kier molecular flexibility index (Phi) is 2.15. The fourth-order valence-electron chi connectivity index (χ4n) is 3.84. The zero-order valence-corrected chi connectivity index (χ0v) is 10.2. The molecule has 0 radical (unpaired) electrons. The van der Waals surface area contributed by atoms with Crippen LogP contribution >= 0.6 is 0 Å². The van der Waals surface area contributed by atoms with E-state index in [1.165, 1.54) is 30.6 Å². The molecule has 1 aliphatic carbocycles. The second-order valence-corrected chi connectivity index (χ2v) is 5.86. The Bertz CT molecular complexity index is 393. The minimum atomic E-state index is 0.326. The molecule has 4 aliphatic rings. The zero-order valence-electron chi connectivity index (χ0n) is 10.2. The van der Waals surface area contributed by atoms with E-state index in [2.05, 4.69) is 22.8 Å². The van der Waals surface area contributed by atoms with Crippen LogP contribution in [0.25, 0.3) is 0 Å². The van der Waals surface area contributed by atoms with Crippen LogP contribution < -0.4 is 10.6 Å². The van der Waals surface area contributed by atoms with Crippen LogP contribution in [0.4, 0.5) is 0 Å². The molecule has 0 aromatic rings. The van der Waals surface area contributed by atoms with Crippen LogP contribution in [0.1, 0.15) is 19.3 Å². The van der Waals surface area contributed by atoms with Gasteiger partial charge in [0.1, 0.15) is 5.76 Å². The fraction of sp³-hybridized carbons (Fsp3) is 0.714. The molecular formula is C14H20N2O. The minimum Gasteiger partial charge on any atom is -0.493 e. The molecule has 0 saturated carbocycles. The monoisotopic (exact) mass is 232 g/mol. The maximum Gasteiger partial charge on any atom is 0.119 e. The molecule has 0 aromatic heterocycles. The van der Waals surface area contributed by atoms with Crippen molar-refractivity contribution in [1.82, 2.24) is 10.6 Å². The van der Waals surface area contributed by atoms with Crippen LogP contribution in [0.5, 0.6) is 0 Å². The quantitative estimate of drug-likeness (QED) is 0.658. The van der Waals surface area contributed by atoms with E-state index in [1.807, 2.05) is 0 Å². The molecule has 2 N–H and O–H groups in total. The minimum absolute atomic E-state index is 0.326. The highest BCUT2D eigenvalue weighted by molar-refractivity contribution is 5.42. The third-order valence-electron chi connectivity index (χ3n) is 4.93. The third kappa shape index (κ3) is 1.42. The van der Waals surface area contributed by atoms with E-state index < -0.39 is 0 Å². The highest BCUT2D eigenvalue weighted by Crippen LogP contribution is 2.49. The summed E-state index contributed by atoms with van der Waals surface area (Å²) in [6.45, 7) is 4.33. The van der Waals surface area contributed by atoms with E-state index in [1.54, 1.807) is 0 Å². The lowest BCUT2D eigenvalue weighted by Crippen LogP contribution is -2.39. The summed E-state index contributed by atoms with van der Waals surface area (Å²) in [5, 5.41) is 7.06. The number of allylic oxidation sites excluding steroid dienone is 1. The van der Waals surface area contributed by atoms with Crippen LogP contribution in [0.3, 0.4) is 0 Å². The van der Waals surface area contributed by atoms with E-state index in [4.69, 9.17) is 4.74 Å². The van der Waals surface area contributed by atoms with Crippen molar-refractivity contribution in [3.63, 3.8) is 0 Å². The van der Waals surface area contributed by atoms with Crippen molar-refractivity contribution in [2.45, 2.75) is 25.3 Å². The number of hydrogen-bond acceptors (Lipinski definition) is 3. The molecular weight excluding hydrogens is 212 g/mol. The summed E-state index contributed by atoms with van der Waals surface area (Å²) in [6, 6.07) is 0.571. The first kappa shape index (κ1) is 10.2. The fourth-order valence-corrected chi connectivity index (χ4v) is 3.84. The molecule has 3 saturated heterocycles. The van der Waals surface area contributed by atoms with Gasteiger partial charge in [0.15, 0.2) is 0 Å². The number of rotatable bonds is 0. The van der Waals surface area contributed by atoms with Gasteiger partial charge in [0.25, 0.3) is 0 Å². The average molecular weight is 232 g/mol. The van der Waals surface area contributed by atoms with Crippen LogP contribution in [0.2, 0.25) is 0 Å². The van der Waals surface area contributed by atoms with Gasteiger partial charge in [-0.05, 0) is 45.0 Å². The van der Waals surface area contributed by atoms with Gasteiger partial charge in [-0.1, -0.05) is 6.08 Å². The van der Waals surface area contributed by atoms with Crippen molar-refractivity contribution in [3.05, 3.63) is 23.5 Å². The molecule has 0 aromatic carbocycles. The molecule has 0 bridgehead atoms.